The number of rotatable bonds is 1. The smallest absolute Gasteiger partial charge is 0.196 e. The van der Waals surface area contributed by atoms with Crippen molar-refractivity contribution in [3.8, 4) is 0 Å². The normalized spacial score (nSPS) is 22.3. The molecule has 0 aromatic heterocycles. The Morgan fingerprint density at radius 3 is 2.16 bits per heavy atom. The quantitative estimate of drug-likeness (QED) is 0.624. The summed E-state index contributed by atoms with van der Waals surface area (Å²) >= 11 is 0. The lowest BCUT2D eigenvalue weighted by Gasteiger charge is -2.47. The van der Waals surface area contributed by atoms with E-state index in [0.29, 0.717) is 5.96 Å². The molecule has 0 unspecified atom stereocenters. The first-order valence-electron chi connectivity index (χ1n) is 6.62. The molecule has 0 bridgehead atoms. The summed E-state index contributed by atoms with van der Waals surface area (Å²) in [6.07, 6.45) is 0. The Balaban J connectivity index is 2.19. The molecule has 0 radical (unpaired) electrons. The molecule has 2 rings (SSSR count). The van der Waals surface area contributed by atoms with Gasteiger partial charge in [0, 0.05) is 13.1 Å². The molecule has 1 aromatic rings. The van der Waals surface area contributed by atoms with E-state index in [1.165, 1.54) is 0 Å². The fourth-order valence-corrected chi connectivity index (χ4v) is 2.66. The molecule has 0 saturated carbocycles. The van der Waals surface area contributed by atoms with Crippen molar-refractivity contribution in [1.29, 1.82) is 0 Å². The maximum atomic E-state index is 6.14. The number of hydrogen-bond donors (Lipinski definition) is 1. The molecular formula is C15H23N3O. The van der Waals surface area contributed by atoms with Gasteiger partial charge in [0.1, 0.15) is 0 Å². The van der Waals surface area contributed by atoms with Gasteiger partial charge in [0.25, 0.3) is 0 Å². The van der Waals surface area contributed by atoms with Gasteiger partial charge in [-0.1, -0.05) is 18.2 Å². The Hall–Kier alpha value is -1.55. The lowest BCUT2D eigenvalue weighted by molar-refractivity contribution is -0.167. The SMILES string of the molecule is CC1(C)CN(C(N)=Nc2ccccc2)CC(C)(C)O1. The molecule has 104 valence electrons. The van der Waals surface area contributed by atoms with E-state index in [1.54, 1.807) is 0 Å². The molecule has 1 fully saturated rings. The summed E-state index contributed by atoms with van der Waals surface area (Å²) < 4.78 is 6.04. The molecule has 1 aliphatic heterocycles. The minimum absolute atomic E-state index is 0.224. The van der Waals surface area contributed by atoms with Crippen LogP contribution in [-0.4, -0.2) is 35.2 Å². The molecule has 1 heterocycles. The minimum Gasteiger partial charge on any atom is -0.369 e. The third-order valence-corrected chi connectivity index (χ3v) is 3.02. The van der Waals surface area contributed by atoms with Gasteiger partial charge in [-0.15, -0.1) is 0 Å². The van der Waals surface area contributed by atoms with E-state index in [2.05, 4.69) is 37.6 Å². The Labute approximate surface area is 115 Å². The van der Waals surface area contributed by atoms with E-state index in [1.807, 2.05) is 30.3 Å². The van der Waals surface area contributed by atoms with Gasteiger partial charge in [-0.2, -0.15) is 0 Å². The predicted molar refractivity (Wildman–Crippen MR) is 78.5 cm³/mol. The van der Waals surface area contributed by atoms with Gasteiger partial charge >= 0.3 is 0 Å². The van der Waals surface area contributed by atoms with Crippen molar-refractivity contribution in [2.24, 2.45) is 10.7 Å². The number of morpholine rings is 1. The lowest BCUT2D eigenvalue weighted by Crippen LogP contribution is -2.60. The second kappa shape index (κ2) is 4.85. The molecule has 1 aliphatic rings. The van der Waals surface area contributed by atoms with Crippen LogP contribution in [0.5, 0.6) is 0 Å². The van der Waals surface area contributed by atoms with Crippen molar-refractivity contribution < 1.29 is 4.74 Å². The third kappa shape index (κ3) is 3.70. The van der Waals surface area contributed by atoms with Crippen LogP contribution in [0.25, 0.3) is 0 Å². The van der Waals surface area contributed by atoms with Crippen LogP contribution in [0.1, 0.15) is 27.7 Å². The van der Waals surface area contributed by atoms with Crippen LogP contribution in [0.2, 0.25) is 0 Å². The van der Waals surface area contributed by atoms with Gasteiger partial charge in [-0.05, 0) is 39.8 Å². The van der Waals surface area contributed by atoms with Crippen LogP contribution in [0.15, 0.2) is 35.3 Å². The molecule has 1 saturated heterocycles. The van der Waals surface area contributed by atoms with Gasteiger partial charge in [0.05, 0.1) is 16.9 Å². The molecule has 2 N–H and O–H groups in total. The zero-order valence-electron chi connectivity index (χ0n) is 12.2. The van der Waals surface area contributed by atoms with Crippen LogP contribution in [0, 0.1) is 0 Å². The molecule has 0 spiro atoms. The Bertz CT molecular complexity index is 450. The highest BCUT2D eigenvalue weighted by molar-refractivity contribution is 5.81. The molecule has 0 amide bonds. The fraction of sp³-hybridized carbons (Fsp3) is 0.533. The fourth-order valence-electron chi connectivity index (χ4n) is 2.66. The monoisotopic (exact) mass is 261 g/mol. The van der Waals surface area contributed by atoms with Crippen molar-refractivity contribution in [1.82, 2.24) is 4.90 Å². The van der Waals surface area contributed by atoms with Crippen LogP contribution >= 0.6 is 0 Å². The molecule has 4 heteroatoms. The molecule has 0 atom stereocenters. The number of ether oxygens (including phenoxy) is 1. The van der Waals surface area contributed by atoms with Crippen molar-refractivity contribution >= 4 is 11.6 Å². The first-order valence-corrected chi connectivity index (χ1v) is 6.62. The van der Waals surface area contributed by atoms with Crippen LogP contribution < -0.4 is 5.73 Å². The summed E-state index contributed by atoms with van der Waals surface area (Å²) in [5, 5.41) is 0. The van der Waals surface area contributed by atoms with Gasteiger partial charge in [0.15, 0.2) is 5.96 Å². The Morgan fingerprint density at radius 1 is 1.11 bits per heavy atom. The summed E-state index contributed by atoms with van der Waals surface area (Å²) in [5.41, 5.74) is 6.57. The van der Waals surface area contributed by atoms with E-state index >= 15 is 0 Å². The van der Waals surface area contributed by atoms with Crippen LogP contribution in [0.3, 0.4) is 0 Å². The second-order valence-corrected chi connectivity index (χ2v) is 6.28. The zero-order chi connectivity index (χ0) is 14.1. The highest BCUT2D eigenvalue weighted by Gasteiger charge is 2.38. The standard InChI is InChI=1S/C15H23N3O/c1-14(2)10-18(11-15(3,4)19-14)13(16)17-12-8-6-5-7-9-12/h5-9H,10-11H2,1-4H3,(H2,16,17). The number of benzene rings is 1. The van der Waals surface area contributed by atoms with E-state index in [-0.39, 0.29) is 11.2 Å². The number of nitrogens with zero attached hydrogens (tertiary/aromatic N) is 2. The van der Waals surface area contributed by atoms with Gasteiger partial charge < -0.3 is 15.4 Å². The summed E-state index contributed by atoms with van der Waals surface area (Å²) in [5.74, 6) is 0.552. The topological polar surface area (TPSA) is 50.8 Å². The van der Waals surface area contributed by atoms with Crippen molar-refractivity contribution in [3.63, 3.8) is 0 Å². The maximum Gasteiger partial charge on any atom is 0.196 e. The highest BCUT2D eigenvalue weighted by atomic mass is 16.5. The number of aliphatic imine (C=N–C) groups is 1. The molecule has 1 aromatic carbocycles. The Kier molecular flexibility index (Phi) is 3.54. The number of hydrogen-bond acceptors (Lipinski definition) is 2. The Morgan fingerprint density at radius 2 is 1.63 bits per heavy atom. The summed E-state index contributed by atoms with van der Waals surface area (Å²) in [6.45, 7) is 9.82. The number of nitrogens with two attached hydrogens (primary N) is 1. The first kappa shape index (κ1) is 13.9. The van der Waals surface area contributed by atoms with Gasteiger partial charge in [-0.3, -0.25) is 0 Å². The molecular weight excluding hydrogens is 238 g/mol. The maximum absolute atomic E-state index is 6.14. The van der Waals surface area contributed by atoms with Crippen molar-refractivity contribution in [3.05, 3.63) is 30.3 Å². The van der Waals surface area contributed by atoms with E-state index < -0.39 is 0 Å². The molecule has 0 aliphatic carbocycles. The predicted octanol–water partition coefficient (Wildman–Crippen LogP) is 2.52. The first-order chi connectivity index (χ1) is 8.77. The summed E-state index contributed by atoms with van der Waals surface area (Å²) in [6, 6.07) is 9.78. The van der Waals surface area contributed by atoms with Crippen LogP contribution in [-0.2, 0) is 4.74 Å². The zero-order valence-corrected chi connectivity index (χ0v) is 12.2. The number of guanidine groups is 1. The van der Waals surface area contributed by atoms with E-state index in [4.69, 9.17) is 10.5 Å². The van der Waals surface area contributed by atoms with Gasteiger partial charge in [-0.25, -0.2) is 4.99 Å². The highest BCUT2D eigenvalue weighted by Crippen LogP contribution is 2.28. The molecule has 19 heavy (non-hydrogen) atoms. The van der Waals surface area contributed by atoms with E-state index in [0.717, 1.165) is 18.8 Å². The lowest BCUT2D eigenvalue weighted by atomic mass is 9.99. The minimum atomic E-state index is -0.224. The largest absolute Gasteiger partial charge is 0.369 e. The second-order valence-electron chi connectivity index (χ2n) is 6.28. The average molecular weight is 261 g/mol. The number of para-hydroxylation sites is 1. The van der Waals surface area contributed by atoms with Crippen molar-refractivity contribution in [2.45, 2.75) is 38.9 Å². The molecule has 4 nitrogen and oxygen atoms in total. The van der Waals surface area contributed by atoms with Gasteiger partial charge in [0.2, 0.25) is 0 Å². The summed E-state index contributed by atoms with van der Waals surface area (Å²) in [4.78, 5) is 6.57. The third-order valence-electron chi connectivity index (χ3n) is 3.02. The van der Waals surface area contributed by atoms with Crippen LogP contribution in [0.4, 0.5) is 5.69 Å². The van der Waals surface area contributed by atoms with Crippen molar-refractivity contribution in [2.75, 3.05) is 13.1 Å². The summed E-state index contributed by atoms with van der Waals surface area (Å²) in [7, 11) is 0. The average Bonchev–Trinajstić information content (AvgIpc) is 2.26. The van der Waals surface area contributed by atoms with E-state index in [9.17, 15) is 0 Å².